The summed E-state index contributed by atoms with van der Waals surface area (Å²) < 4.78 is 6.18. The van der Waals surface area contributed by atoms with Gasteiger partial charge in [-0.25, -0.2) is 0 Å². The van der Waals surface area contributed by atoms with E-state index in [1.165, 1.54) is 12.0 Å². The zero-order valence-electron chi connectivity index (χ0n) is 12.0. The van der Waals surface area contributed by atoms with E-state index in [-0.39, 0.29) is 0 Å². The number of nitrogens with two attached hydrogens (primary N) is 1. The van der Waals surface area contributed by atoms with Crippen LogP contribution in [0.2, 0.25) is 0 Å². The first-order valence-corrected chi connectivity index (χ1v) is 7.45. The molecule has 1 aromatic carbocycles. The lowest BCUT2D eigenvalue weighted by Gasteiger charge is -2.32. The third-order valence-electron chi connectivity index (χ3n) is 4.25. The average molecular weight is 277 g/mol. The number of hydrogen-bond donors (Lipinski definition) is 1. The standard InChI is InChI=1S/C16H23NOS/c1-10-4-7-14(16(17)19)15(8-10)18-13-6-5-11(2)12(3)9-13/h4,7-8,11-13H,5-6,9H2,1-3H3,(H2,17,19). The van der Waals surface area contributed by atoms with Gasteiger partial charge in [0, 0.05) is 0 Å². The Bertz CT molecular complexity index is 472. The molecule has 104 valence electrons. The largest absolute Gasteiger partial charge is 0.490 e. The van der Waals surface area contributed by atoms with E-state index in [0.29, 0.717) is 11.1 Å². The molecule has 0 spiro atoms. The molecule has 3 unspecified atom stereocenters. The number of aryl methyl sites for hydroxylation is 1. The molecule has 0 aliphatic heterocycles. The molecule has 1 fully saturated rings. The molecule has 1 aliphatic carbocycles. The third kappa shape index (κ3) is 3.47. The van der Waals surface area contributed by atoms with Gasteiger partial charge in [-0.2, -0.15) is 0 Å². The van der Waals surface area contributed by atoms with Crippen molar-refractivity contribution in [1.29, 1.82) is 0 Å². The highest BCUT2D eigenvalue weighted by atomic mass is 32.1. The van der Waals surface area contributed by atoms with Crippen LogP contribution in [-0.2, 0) is 0 Å². The maximum atomic E-state index is 6.18. The summed E-state index contributed by atoms with van der Waals surface area (Å²) in [6, 6.07) is 6.02. The van der Waals surface area contributed by atoms with Gasteiger partial charge in [0.15, 0.2) is 0 Å². The maximum absolute atomic E-state index is 6.18. The lowest BCUT2D eigenvalue weighted by atomic mass is 9.80. The van der Waals surface area contributed by atoms with Crippen molar-refractivity contribution in [3.63, 3.8) is 0 Å². The molecule has 0 bridgehead atoms. The van der Waals surface area contributed by atoms with Gasteiger partial charge < -0.3 is 10.5 Å². The molecular formula is C16H23NOS. The van der Waals surface area contributed by atoms with Gasteiger partial charge in [-0.15, -0.1) is 0 Å². The van der Waals surface area contributed by atoms with Crippen molar-refractivity contribution in [2.75, 3.05) is 0 Å². The van der Waals surface area contributed by atoms with Gasteiger partial charge in [-0.3, -0.25) is 0 Å². The molecule has 19 heavy (non-hydrogen) atoms. The van der Waals surface area contributed by atoms with Crippen LogP contribution in [0.1, 0.15) is 44.2 Å². The van der Waals surface area contributed by atoms with Gasteiger partial charge in [0.05, 0.1) is 11.7 Å². The molecule has 0 radical (unpaired) electrons. The predicted molar refractivity (Wildman–Crippen MR) is 83.7 cm³/mol. The van der Waals surface area contributed by atoms with Crippen LogP contribution in [0.5, 0.6) is 5.75 Å². The monoisotopic (exact) mass is 277 g/mol. The van der Waals surface area contributed by atoms with E-state index >= 15 is 0 Å². The number of thiocarbonyl (C=S) groups is 1. The highest BCUT2D eigenvalue weighted by Gasteiger charge is 2.26. The fourth-order valence-electron chi connectivity index (χ4n) is 2.72. The van der Waals surface area contributed by atoms with E-state index in [1.54, 1.807) is 0 Å². The van der Waals surface area contributed by atoms with E-state index in [9.17, 15) is 0 Å². The Morgan fingerprint density at radius 3 is 2.63 bits per heavy atom. The Balaban J connectivity index is 2.14. The zero-order chi connectivity index (χ0) is 14.0. The van der Waals surface area contributed by atoms with Crippen LogP contribution in [0.15, 0.2) is 18.2 Å². The van der Waals surface area contributed by atoms with Crippen molar-refractivity contribution in [2.45, 2.75) is 46.1 Å². The van der Waals surface area contributed by atoms with E-state index < -0.39 is 0 Å². The number of ether oxygens (including phenoxy) is 1. The smallest absolute Gasteiger partial charge is 0.130 e. The Labute approximate surface area is 121 Å². The predicted octanol–water partition coefficient (Wildman–Crippen LogP) is 3.83. The molecule has 0 aromatic heterocycles. The van der Waals surface area contributed by atoms with E-state index in [4.69, 9.17) is 22.7 Å². The number of rotatable bonds is 3. The van der Waals surface area contributed by atoms with Gasteiger partial charge in [-0.05, 0) is 55.7 Å². The van der Waals surface area contributed by atoms with Crippen LogP contribution < -0.4 is 10.5 Å². The first-order valence-electron chi connectivity index (χ1n) is 7.04. The van der Waals surface area contributed by atoms with E-state index in [2.05, 4.69) is 20.8 Å². The van der Waals surface area contributed by atoms with Crippen molar-refractivity contribution in [3.05, 3.63) is 29.3 Å². The Morgan fingerprint density at radius 2 is 2.00 bits per heavy atom. The summed E-state index contributed by atoms with van der Waals surface area (Å²) in [7, 11) is 0. The lowest BCUT2D eigenvalue weighted by molar-refractivity contribution is 0.100. The fraction of sp³-hybridized carbons (Fsp3) is 0.562. The van der Waals surface area contributed by atoms with Gasteiger partial charge in [-0.1, -0.05) is 32.1 Å². The van der Waals surface area contributed by atoms with Crippen molar-refractivity contribution < 1.29 is 4.74 Å². The average Bonchev–Trinajstić information content (AvgIpc) is 2.33. The summed E-state index contributed by atoms with van der Waals surface area (Å²) in [6.45, 7) is 6.70. The van der Waals surface area contributed by atoms with Crippen LogP contribution in [0, 0.1) is 18.8 Å². The second-order valence-electron chi connectivity index (χ2n) is 5.87. The molecular weight excluding hydrogens is 254 g/mol. The molecule has 2 rings (SSSR count). The minimum absolute atomic E-state index is 0.293. The molecule has 0 saturated heterocycles. The minimum Gasteiger partial charge on any atom is -0.490 e. The topological polar surface area (TPSA) is 35.2 Å². The second kappa shape index (κ2) is 5.91. The van der Waals surface area contributed by atoms with E-state index in [0.717, 1.165) is 36.0 Å². The highest BCUT2D eigenvalue weighted by molar-refractivity contribution is 7.80. The van der Waals surface area contributed by atoms with Gasteiger partial charge in [0.1, 0.15) is 10.7 Å². The molecule has 2 N–H and O–H groups in total. The van der Waals surface area contributed by atoms with Crippen LogP contribution in [0.4, 0.5) is 0 Å². The Morgan fingerprint density at radius 1 is 1.26 bits per heavy atom. The molecule has 3 atom stereocenters. The Kier molecular flexibility index (Phi) is 4.46. The SMILES string of the molecule is Cc1ccc(C(N)=S)c(OC2CCC(C)C(C)C2)c1. The quantitative estimate of drug-likeness (QED) is 0.853. The number of hydrogen-bond acceptors (Lipinski definition) is 2. The van der Waals surface area contributed by atoms with Gasteiger partial charge in [0.25, 0.3) is 0 Å². The summed E-state index contributed by atoms with van der Waals surface area (Å²) in [6.07, 6.45) is 3.77. The van der Waals surface area contributed by atoms with Gasteiger partial charge >= 0.3 is 0 Å². The Hall–Kier alpha value is -1.09. The van der Waals surface area contributed by atoms with Crippen LogP contribution in [0.25, 0.3) is 0 Å². The lowest BCUT2D eigenvalue weighted by Crippen LogP contribution is -2.29. The molecule has 3 heteroatoms. The normalized spacial score (nSPS) is 27.0. The van der Waals surface area contributed by atoms with Crippen LogP contribution in [0.3, 0.4) is 0 Å². The summed E-state index contributed by atoms with van der Waals surface area (Å²) in [4.78, 5) is 0.409. The first kappa shape index (κ1) is 14.3. The van der Waals surface area contributed by atoms with Crippen molar-refractivity contribution in [1.82, 2.24) is 0 Å². The van der Waals surface area contributed by atoms with Gasteiger partial charge in [0.2, 0.25) is 0 Å². The highest BCUT2D eigenvalue weighted by Crippen LogP contribution is 2.33. The molecule has 1 aliphatic rings. The molecule has 0 heterocycles. The molecule has 0 amide bonds. The third-order valence-corrected chi connectivity index (χ3v) is 4.47. The summed E-state index contributed by atoms with van der Waals surface area (Å²) in [5.74, 6) is 2.36. The van der Waals surface area contributed by atoms with E-state index in [1.807, 2.05) is 18.2 Å². The fourth-order valence-corrected chi connectivity index (χ4v) is 2.88. The maximum Gasteiger partial charge on any atom is 0.130 e. The molecule has 1 aromatic rings. The number of benzene rings is 1. The van der Waals surface area contributed by atoms with Crippen LogP contribution >= 0.6 is 12.2 Å². The minimum atomic E-state index is 0.293. The van der Waals surface area contributed by atoms with Crippen molar-refractivity contribution in [3.8, 4) is 5.75 Å². The van der Waals surface area contributed by atoms with Crippen molar-refractivity contribution in [2.24, 2.45) is 17.6 Å². The first-order chi connectivity index (χ1) is 8.97. The molecule has 1 saturated carbocycles. The summed E-state index contributed by atoms with van der Waals surface area (Å²) >= 11 is 5.10. The van der Waals surface area contributed by atoms with Crippen LogP contribution in [-0.4, -0.2) is 11.1 Å². The summed E-state index contributed by atoms with van der Waals surface area (Å²) in [5, 5.41) is 0. The molecule has 2 nitrogen and oxygen atoms in total. The van der Waals surface area contributed by atoms with Crippen molar-refractivity contribution >= 4 is 17.2 Å². The second-order valence-corrected chi connectivity index (χ2v) is 6.31. The summed E-state index contributed by atoms with van der Waals surface area (Å²) in [5.41, 5.74) is 7.80. The zero-order valence-corrected chi connectivity index (χ0v) is 12.8.